The van der Waals surface area contributed by atoms with Crippen LogP contribution in [0.1, 0.15) is 20.3 Å². The lowest BCUT2D eigenvalue weighted by atomic mass is 10.1. The monoisotopic (exact) mass is 177 g/mol. The van der Waals surface area contributed by atoms with Gasteiger partial charge < -0.3 is 0 Å². The molecular weight excluding hydrogens is 162 g/mol. The third-order valence-electron chi connectivity index (χ3n) is 1.86. The van der Waals surface area contributed by atoms with E-state index in [2.05, 4.69) is 6.58 Å². The number of rotatable bonds is 4. The fourth-order valence-corrected chi connectivity index (χ4v) is 1.54. The number of primary sulfonamides is 1. The van der Waals surface area contributed by atoms with Gasteiger partial charge in [-0.2, -0.15) is 0 Å². The number of nitrogens with two attached hydrogens (primary N) is 1. The first-order valence-corrected chi connectivity index (χ1v) is 5.13. The zero-order valence-corrected chi connectivity index (χ0v) is 7.76. The summed E-state index contributed by atoms with van der Waals surface area (Å²) in [7, 11) is -3.37. The molecule has 0 aromatic rings. The third-order valence-corrected chi connectivity index (χ3v) is 3.36. The molecular formula is C7H15NO2S. The van der Waals surface area contributed by atoms with E-state index < -0.39 is 15.3 Å². The molecule has 11 heavy (non-hydrogen) atoms. The van der Waals surface area contributed by atoms with Crippen molar-refractivity contribution in [3.8, 4) is 0 Å². The van der Waals surface area contributed by atoms with Crippen molar-refractivity contribution in [3.63, 3.8) is 0 Å². The van der Waals surface area contributed by atoms with E-state index in [-0.39, 0.29) is 5.92 Å². The summed E-state index contributed by atoms with van der Waals surface area (Å²) in [5, 5.41) is 4.46. The van der Waals surface area contributed by atoms with Gasteiger partial charge in [0.25, 0.3) is 0 Å². The molecule has 0 aliphatic heterocycles. The normalized spacial score (nSPS) is 17.4. The Morgan fingerprint density at radius 2 is 2.00 bits per heavy atom. The van der Waals surface area contributed by atoms with Crippen LogP contribution in [0, 0.1) is 5.92 Å². The summed E-state index contributed by atoms with van der Waals surface area (Å²) < 4.78 is 21.6. The molecule has 0 aliphatic carbocycles. The maximum atomic E-state index is 10.8. The number of allylic oxidation sites excluding steroid dienone is 1. The average Bonchev–Trinajstić information content (AvgIpc) is 1.85. The van der Waals surface area contributed by atoms with Gasteiger partial charge in [0.15, 0.2) is 0 Å². The molecule has 66 valence electrons. The average molecular weight is 177 g/mol. The molecule has 2 atom stereocenters. The van der Waals surface area contributed by atoms with Crippen molar-refractivity contribution in [1.82, 2.24) is 0 Å². The largest absolute Gasteiger partial charge is 0.228 e. The standard InChI is InChI=1S/C7H15NO2S/c1-4-5-6(2)7(3)11(8,9)10/h4,6-7H,1,5H2,2-3H3,(H2,8,9,10)/t6-,7+/m0/s1. The fourth-order valence-electron chi connectivity index (χ4n) is 0.778. The van der Waals surface area contributed by atoms with Gasteiger partial charge in [-0.3, -0.25) is 0 Å². The molecule has 0 spiro atoms. The van der Waals surface area contributed by atoms with Gasteiger partial charge in [0.1, 0.15) is 0 Å². The topological polar surface area (TPSA) is 60.2 Å². The summed E-state index contributed by atoms with van der Waals surface area (Å²) in [6, 6.07) is 0. The molecule has 0 saturated heterocycles. The number of sulfonamides is 1. The van der Waals surface area contributed by atoms with Crippen molar-refractivity contribution >= 4 is 10.0 Å². The number of hydrogen-bond acceptors (Lipinski definition) is 2. The van der Waals surface area contributed by atoms with Crippen molar-refractivity contribution in [1.29, 1.82) is 0 Å². The molecule has 2 N–H and O–H groups in total. The summed E-state index contributed by atoms with van der Waals surface area (Å²) in [6.45, 7) is 6.99. The highest BCUT2D eigenvalue weighted by Crippen LogP contribution is 2.13. The molecule has 0 unspecified atom stereocenters. The van der Waals surface area contributed by atoms with Crippen LogP contribution in [0.5, 0.6) is 0 Å². The first-order chi connectivity index (χ1) is 4.89. The molecule has 0 aliphatic rings. The Morgan fingerprint density at radius 1 is 1.55 bits per heavy atom. The first-order valence-electron chi connectivity index (χ1n) is 3.52. The van der Waals surface area contributed by atoms with E-state index in [1.54, 1.807) is 13.0 Å². The Balaban J connectivity index is 4.25. The Kier molecular flexibility index (Phi) is 3.75. The lowest BCUT2D eigenvalue weighted by molar-refractivity contribution is 0.526. The maximum absolute atomic E-state index is 10.8. The Hall–Kier alpha value is -0.350. The van der Waals surface area contributed by atoms with Crippen LogP contribution in [-0.2, 0) is 10.0 Å². The van der Waals surface area contributed by atoms with Gasteiger partial charge in [0.2, 0.25) is 10.0 Å². The molecule has 0 radical (unpaired) electrons. The van der Waals surface area contributed by atoms with Crippen LogP contribution in [0.4, 0.5) is 0 Å². The van der Waals surface area contributed by atoms with Gasteiger partial charge in [-0.25, -0.2) is 13.6 Å². The Labute approximate surface area is 68.3 Å². The van der Waals surface area contributed by atoms with Crippen molar-refractivity contribution < 1.29 is 8.42 Å². The van der Waals surface area contributed by atoms with Crippen molar-refractivity contribution in [2.24, 2.45) is 11.1 Å². The predicted octanol–water partition coefficient (Wildman–Crippen LogP) is 0.876. The molecule has 0 aromatic heterocycles. The van der Waals surface area contributed by atoms with Crippen LogP contribution in [0.2, 0.25) is 0 Å². The van der Waals surface area contributed by atoms with E-state index in [0.29, 0.717) is 6.42 Å². The quantitative estimate of drug-likeness (QED) is 0.648. The molecule has 0 bridgehead atoms. The summed E-state index contributed by atoms with van der Waals surface area (Å²) in [4.78, 5) is 0. The van der Waals surface area contributed by atoms with Gasteiger partial charge in [-0.1, -0.05) is 13.0 Å². The minimum absolute atomic E-state index is 0.0440. The van der Waals surface area contributed by atoms with Gasteiger partial charge in [0, 0.05) is 0 Å². The summed E-state index contributed by atoms with van der Waals surface area (Å²) >= 11 is 0. The Morgan fingerprint density at radius 3 is 2.27 bits per heavy atom. The molecule has 3 nitrogen and oxygen atoms in total. The number of hydrogen-bond donors (Lipinski definition) is 1. The zero-order valence-electron chi connectivity index (χ0n) is 6.95. The Bertz CT molecular complexity index is 221. The van der Waals surface area contributed by atoms with E-state index in [1.165, 1.54) is 0 Å². The lowest BCUT2D eigenvalue weighted by Crippen LogP contribution is -2.31. The molecule has 0 fully saturated rings. The predicted molar refractivity (Wildman–Crippen MR) is 46.5 cm³/mol. The molecule has 0 heterocycles. The maximum Gasteiger partial charge on any atom is 0.211 e. The van der Waals surface area contributed by atoms with Gasteiger partial charge >= 0.3 is 0 Å². The van der Waals surface area contributed by atoms with E-state index in [9.17, 15) is 8.42 Å². The second-order valence-electron chi connectivity index (χ2n) is 2.80. The van der Waals surface area contributed by atoms with Gasteiger partial charge in [0.05, 0.1) is 5.25 Å². The van der Waals surface area contributed by atoms with Crippen LogP contribution in [-0.4, -0.2) is 13.7 Å². The second-order valence-corrected chi connectivity index (χ2v) is 4.72. The van der Waals surface area contributed by atoms with Crippen molar-refractivity contribution in [2.45, 2.75) is 25.5 Å². The highest BCUT2D eigenvalue weighted by molar-refractivity contribution is 7.89. The van der Waals surface area contributed by atoms with Gasteiger partial charge in [-0.05, 0) is 19.3 Å². The van der Waals surface area contributed by atoms with E-state index in [1.807, 2.05) is 6.92 Å². The van der Waals surface area contributed by atoms with Gasteiger partial charge in [-0.15, -0.1) is 6.58 Å². The summed E-state index contributed by atoms with van der Waals surface area (Å²) in [6.07, 6.45) is 2.38. The summed E-state index contributed by atoms with van der Waals surface area (Å²) in [5.41, 5.74) is 0. The van der Waals surface area contributed by atoms with E-state index >= 15 is 0 Å². The van der Waals surface area contributed by atoms with E-state index in [0.717, 1.165) is 0 Å². The van der Waals surface area contributed by atoms with Crippen LogP contribution < -0.4 is 5.14 Å². The third kappa shape index (κ3) is 3.53. The minimum atomic E-state index is -3.37. The summed E-state index contributed by atoms with van der Waals surface area (Å²) in [5.74, 6) is 0.0440. The second kappa shape index (κ2) is 3.88. The fraction of sp³-hybridized carbons (Fsp3) is 0.714. The highest BCUT2D eigenvalue weighted by Gasteiger charge is 2.21. The smallest absolute Gasteiger partial charge is 0.211 e. The van der Waals surface area contributed by atoms with Crippen LogP contribution in [0.25, 0.3) is 0 Å². The zero-order chi connectivity index (χ0) is 9.07. The molecule has 0 rings (SSSR count). The lowest BCUT2D eigenvalue weighted by Gasteiger charge is -2.15. The van der Waals surface area contributed by atoms with Crippen molar-refractivity contribution in [3.05, 3.63) is 12.7 Å². The van der Waals surface area contributed by atoms with E-state index in [4.69, 9.17) is 5.14 Å². The van der Waals surface area contributed by atoms with Crippen LogP contribution in [0.3, 0.4) is 0 Å². The van der Waals surface area contributed by atoms with Crippen LogP contribution in [0.15, 0.2) is 12.7 Å². The van der Waals surface area contributed by atoms with Crippen LogP contribution >= 0.6 is 0 Å². The molecule has 4 heteroatoms. The molecule has 0 saturated carbocycles. The first kappa shape index (κ1) is 10.7. The molecule has 0 amide bonds. The minimum Gasteiger partial charge on any atom is -0.228 e. The molecule has 0 aromatic carbocycles. The van der Waals surface area contributed by atoms with Crippen molar-refractivity contribution in [2.75, 3.05) is 0 Å². The highest BCUT2D eigenvalue weighted by atomic mass is 32.2. The SMILES string of the molecule is C=CC[C@H](C)[C@@H](C)S(N)(=O)=O.